The number of carbonyl (C=O) groups is 2. The van der Waals surface area contributed by atoms with Gasteiger partial charge in [-0.05, 0) is 64.2 Å². The number of quaternary nitrogens is 1. The highest BCUT2D eigenvalue weighted by molar-refractivity contribution is 7.45. The van der Waals surface area contributed by atoms with Crippen molar-refractivity contribution in [3.05, 3.63) is 24.3 Å². The topological polar surface area (TPSA) is 111 Å². The predicted octanol–water partition coefficient (Wildman–Crippen LogP) is 10.6. The fourth-order valence-electron chi connectivity index (χ4n) is 5.41. The first-order valence-electron chi connectivity index (χ1n) is 20.5. The number of carbonyl (C=O) groups excluding carboxylic acids is 2. The van der Waals surface area contributed by atoms with Crippen LogP contribution in [0.4, 0.5) is 0 Å². The van der Waals surface area contributed by atoms with E-state index in [4.69, 9.17) is 18.5 Å². The van der Waals surface area contributed by atoms with Crippen LogP contribution in [0.25, 0.3) is 0 Å². The molecule has 51 heavy (non-hydrogen) atoms. The maximum Gasteiger partial charge on any atom is 0.306 e. The lowest BCUT2D eigenvalue weighted by atomic mass is 10.1. The van der Waals surface area contributed by atoms with Crippen molar-refractivity contribution in [2.45, 2.75) is 180 Å². The van der Waals surface area contributed by atoms with Gasteiger partial charge in [0.05, 0.1) is 27.7 Å². The highest BCUT2D eigenvalue weighted by Crippen LogP contribution is 2.38. The molecular formula is C41H78NO8P. The SMILES string of the molecule is CCCCC/C=C/CCCCCCCC(=O)OC[C@H](COP(=O)([O-])OCC[N+](C)(C)C)OC(=O)CCCCC/C=C/CCCCCCCCCC. The van der Waals surface area contributed by atoms with Crippen LogP contribution in [0.15, 0.2) is 24.3 Å². The Hall–Kier alpha value is -1.51. The number of allylic oxidation sites excluding steroid dienone is 4. The van der Waals surface area contributed by atoms with Gasteiger partial charge in [-0.15, -0.1) is 0 Å². The molecule has 0 bridgehead atoms. The Labute approximate surface area is 313 Å². The molecule has 0 aromatic rings. The third-order valence-electron chi connectivity index (χ3n) is 8.69. The minimum Gasteiger partial charge on any atom is -0.756 e. The van der Waals surface area contributed by atoms with E-state index in [1.54, 1.807) is 0 Å². The summed E-state index contributed by atoms with van der Waals surface area (Å²) in [4.78, 5) is 37.4. The molecule has 300 valence electrons. The Balaban J connectivity index is 4.43. The Morgan fingerprint density at radius 1 is 0.588 bits per heavy atom. The van der Waals surface area contributed by atoms with Gasteiger partial charge in [0.1, 0.15) is 19.8 Å². The van der Waals surface area contributed by atoms with Crippen LogP contribution in [0.2, 0.25) is 0 Å². The highest BCUT2D eigenvalue weighted by Gasteiger charge is 2.21. The van der Waals surface area contributed by atoms with Crippen LogP contribution in [0.1, 0.15) is 174 Å². The second-order valence-electron chi connectivity index (χ2n) is 15.0. The Bertz CT molecular complexity index is 933. The lowest BCUT2D eigenvalue weighted by Gasteiger charge is -2.28. The smallest absolute Gasteiger partial charge is 0.306 e. The van der Waals surface area contributed by atoms with E-state index in [-0.39, 0.29) is 26.1 Å². The van der Waals surface area contributed by atoms with Crippen molar-refractivity contribution in [1.82, 2.24) is 0 Å². The maximum absolute atomic E-state index is 12.6. The molecule has 0 fully saturated rings. The molecule has 0 N–H and O–H groups in total. The van der Waals surface area contributed by atoms with Crippen molar-refractivity contribution >= 4 is 19.8 Å². The molecule has 0 saturated carbocycles. The second kappa shape index (κ2) is 34.3. The molecule has 0 aliphatic heterocycles. The molecule has 0 saturated heterocycles. The number of hydrogen-bond acceptors (Lipinski definition) is 8. The number of nitrogens with zero attached hydrogens (tertiary/aromatic N) is 1. The zero-order valence-corrected chi connectivity index (χ0v) is 34.4. The van der Waals surface area contributed by atoms with Gasteiger partial charge in [0.15, 0.2) is 6.10 Å². The van der Waals surface area contributed by atoms with Crippen molar-refractivity contribution in [3.63, 3.8) is 0 Å². The van der Waals surface area contributed by atoms with Crippen LogP contribution in [0.3, 0.4) is 0 Å². The van der Waals surface area contributed by atoms with Crippen LogP contribution in [0.5, 0.6) is 0 Å². The third kappa shape index (κ3) is 38.0. The molecule has 0 rings (SSSR count). The molecular weight excluding hydrogens is 665 g/mol. The number of rotatable bonds is 37. The zero-order chi connectivity index (χ0) is 37.9. The van der Waals surface area contributed by atoms with E-state index in [1.165, 1.54) is 77.0 Å². The van der Waals surface area contributed by atoms with E-state index in [9.17, 15) is 19.0 Å². The minimum absolute atomic E-state index is 0.0339. The molecule has 0 aromatic heterocycles. The quantitative estimate of drug-likeness (QED) is 0.0203. The van der Waals surface area contributed by atoms with Gasteiger partial charge < -0.3 is 27.9 Å². The molecule has 0 heterocycles. The van der Waals surface area contributed by atoms with Crippen LogP contribution < -0.4 is 4.89 Å². The van der Waals surface area contributed by atoms with Gasteiger partial charge in [0.2, 0.25) is 0 Å². The average Bonchev–Trinajstić information content (AvgIpc) is 3.07. The van der Waals surface area contributed by atoms with Crippen LogP contribution >= 0.6 is 7.82 Å². The Kier molecular flexibility index (Phi) is 33.3. The summed E-state index contributed by atoms with van der Waals surface area (Å²) in [5.41, 5.74) is 0. The van der Waals surface area contributed by atoms with Crippen molar-refractivity contribution < 1.29 is 42.1 Å². The van der Waals surface area contributed by atoms with E-state index < -0.39 is 32.5 Å². The molecule has 0 aliphatic rings. The van der Waals surface area contributed by atoms with E-state index >= 15 is 0 Å². The molecule has 0 radical (unpaired) electrons. The van der Waals surface area contributed by atoms with E-state index in [0.717, 1.165) is 64.2 Å². The summed E-state index contributed by atoms with van der Waals surface area (Å²) in [5.74, 6) is -0.863. The number of phosphoric ester groups is 1. The lowest BCUT2D eigenvalue weighted by molar-refractivity contribution is -0.870. The summed E-state index contributed by atoms with van der Waals surface area (Å²) in [6.45, 7) is 4.17. The lowest BCUT2D eigenvalue weighted by Crippen LogP contribution is -2.37. The number of ether oxygens (including phenoxy) is 2. The average molecular weight is 744 g/mol. The fourth-order valence-corrected chi connectivity index (χ4v) is 6.14. The standard InChI is InChI=1S/C41H78NO8P/c1-6-8-10-12-14-16-18-20-21-22-24-26-28-30-32-34-41(44)50-39(38-49-51(45,46)48-36-35-42(3,4)5)37-47-40(43)33-31-29-27-25-23-19-17-15-13-11-9-7-2/h15,17,22,24,39H,6-14,16,18-21,23,25-38H2,1-5H3/b17-15+,24-22+/t39-/m1/s1. The minimum atomic E-state index is -4.62. The van der Waals surface area contributed by atoms with Crippen LogP contribution in [0, 0.1) is 0 Å². The van der Waals surface area contributed by atoms with Crippen LogP contribution in [-0.4, -0.2) is 70.0 Å². The predicted molar refractivity (Wildman–Crippen MR) is 208 cm³/mol. The molecule has 0 amide bonds. The van der Waals surface area contributed by atoms with Gasteiger partial charge in [-0.25, -0.2) is 0 Å². The highest BCUT2D eigenvalue weighted by atomic mass is 31.2. The molecule has 0 spiro atoms. The number of likely N-dealkylation sites (N-methyl/N-ethyl adjacent to an activating group) is 1. The fraction of sp³-hybridized carbons (Fsp3) is 0.854. The molecule has 10 heteroatoms. The first kappa shape index (κ1) is 49.5. The summed E-state index contributed by atoms with van der Waals surface area (Å²) in [5, 5.41) is 0. The summed E-state index contributed by atoms with van der Waals surface area (Å²) < 4.78 is 33.8. The van der Waals surface area contributed by atoms with Crippen molar-refractivity contribution in [3.8, 4) is 0 Å². The van der Waals surface area contributed by atoms with Gasteiger partial charge in [-0.3, -0.25) is 14.2 Å². The Morgan fingerprint density at radius 3 is 1.51 bits per heavy atom. The zero-order valence-electron chi connectivity index (χ0n) is 33.6. The summed E-state index contributed by atoms with van der Waals surface area (Å²) in [7, 11) is 1.15. The second-order valence-corrected chi connectivity index (χ2v) is 16.4. The van der Waals surface area contributed by atoms with Gasteiger partial charge in [0, 0.05) is 12.8 Å². The summed E-state index contributed by atoms with van der Waals surface area (Å²) in [6, 6.07) is 0. The molecule has 0 aromatic carbocycles. The van der Waals surface area contributed by atoms with E-state index in [2.05, 4.69) is 38.2 Å². The monoisotopic (exact) mass is 744 g/mol. The molecule has 0 aliphatic carbocycles. The van der Waals surface area contributed by atoms with Crippen molar-refractivity contribution in [1.29, 1.82) is 0 Å². The normalized spacial score (nSPS) is 13.9. The van der Waals surface area contributed by atoms with Crippen molar-refractivity contribution in [2.75, 3.05) is 47.5 Å². The largest absolute Gasteiger partial charge is 0.756 e. The van der Waals surface area contributed by atoms with E-state index in [0.29, 0.717) is 17.4 Å². The first-order chi connectivity index (χ1) is 24.5. The third-order valence-corrected chi connectivity index (χ3v) is 9.66. The van der Waals surface area contributed by atoms with Gasteiger partial charge in [-0.2, -0.15) is 0 Å². The number of unbranched alkanes of at least 4 members (excludes halogenated alkanes) is 19. The summed E-state index contributed by atoms with van der Waals surface area (Å²) in [6.07, 6.45) is 34.9. The number of phosphoric acid groups is 1. The molecule has 2 atom stereocenters. The summed E-state index contributed by atoms with van der Waals surface area (Å²) >= 11 is 0. The Morgan fingerprint density at radius 2 is 1.00 bits per heavy atom. The van der Waals surface area contributed by atoms with Crippen LogP contribution in [-0.2, 0) is 32.7 Å². The number of hydrogen-bond donors (Lipinski definition) is 0. The first-order valence-corrected chi connectivity index (χ1v) is 22.0. The van der Waals surface area contributed by atoms with Gasteiger partial charge in [-0.1, -0.05) is 122 Å². The van der Waals surface area contributed by atoms with Crippen molar-refractivity contribution in [2.24, 2.45) is 0 Å². The number of esters is 2. The van der Waals surface area contributed by atoms with E-state index in [1.807, 2.05) is 21.1 Å². The maximum atomic E-state index is 12.6. The van der Waals surface area contributed by atoms with Gasteiger partial charge >= 0.3 is 11.9 Å². The van der Waals surface area contributed by atoms with Gasteiger partial charge in [0.25, 0.3) is 7.82 Å². The molecule has 1 unspecified atom stereocenters. The molecule has 9 nitrogen and oxygen atoms in total.